The van der Waals surface area contributed by atoms with E-state index < -0.39 is 0 Å². The zero-order valence-electron chi connectivity index (χ0n) is 16.2. The largest absolute Gasteiger partial charge is 0.493 e. The molecule has 0 amide bonds. The number of hydrogen-bond acceptors (Lipinski definition) is 5. The lowest BCUT2D eigenvalue weighted by molar-refractivity contribution is 0.118. The van der Waals surface area contributed by atoms with E-state index in [1.807, 2.05) is 13.0 Å². The van der Waals surface area contributed by atoms with Crippen molar-refractivity contribution in [1.29, 1.82) is 0 Å². The second kappa shape index (κ2) is 9.80. The fraction of sp³-hybridized carbons (Fsp3) is 0.600. The van der Waals surface area contributed by atoms with Gasteiger partial charge in [0.15, 0.2) is 11.5 Å². The molecule has 25 heavy (non-hydrogen) atoms. The summed E-state index contributed by atoms with van der Waals surface area (Å²) >= 11 is 0. The van der Waals surface area contributed by atoms with Crippen LogP contribution in [0.3, 0.4) is 0 Å². The number of piperazine rings is 1. The number of hydrogen-bond donors (Lipinski definition) is 1. The Morgan fingerprint density at radius 3 is 2.60 bits per heavy atom. The molecule has 1 heterocycles. The molecule has 1 fully saturated rings. The van der Waals surface area contributed by atoms with E-state index in [9.17, 15) is 0 Å². The highest BCUT2D eigenvalue weighted by molar-refractivity contribution is 5.43. The van der Waals surface area contributed by atoms with Crippen LogP contribution in [-0.2, 0) is 6.54 Å². The Morgan fingerprint density at radius 1 is 1.24 bits per heavy atom. The summed E-state index contributed by atoms with van der Waals surface area (Å²) in [4.78, 5) is 4.95. The third kappa shape index (κ3) is 6.34. The second-order valence-electron chi connectivity index (χ2n) is 7.05. The molecular weight excluding hydrogens is 314 g/mol. The lowest BCUT2D eigenvalue weighted by Gasteiger charge is -2.36. The molecule has 1 aromatic carbocycles. The molecule has 1 unspecified atom stereocenters. The molecule has 1 saturated heterocycles. The summed E-state index contributed by atoms with van der Waals surface area (Å²) < 4.78 is 11.2. The summed E-state index contributed by atoms with van der Waals surface area (Å²) in [7, 11) is 3.86. The topological polar surface area (TPSA) is 37.0 Å². The molecule has 1 atom stereocenters. The minimum atomic E-state index is 0.508. The summed E-state index contributed by atoms with van der Waals surface area (Å²) in [6, 6.07) is 6.65. The highest BCUT2D eigenvalue weighted by Gasteiger charge is 2.18. The first-order chi connectivity index (χ1) is 12.0. The molecule has 5 heteroatoms. The molecule has 1 aliphatic heterocycles. The zero-order valence-corrected chi connectivity index (χ0v) is 16.2. The lowest BCUT2D eigenvalue weighted by atomic mass is 10.2. The first-order valence-corrected chi connectivity index (χ1v) is 9.07. The fourth-order valence-electron chi connectivity index (χ4n) is 2.96. The van der Waals surface area contributed by atoms with Crippen LogP contribution in [0.5, 0.6) is 11.5 Å². The standard InChI is InChI=1S/C20H33N3O2/c1-16(2)15-25-20-12-18(6-7-19(20)24-5)14-21-13-17(3)23-10-8-22(4)9-11-23/h6-7,12,17,21H,1,8-11,13-15H2,2-5H3. The van der Waals surface area contributed by atoms with Crippen LogP contribution in [0, 0.1) is 0 Å². The van der Waals surface area contributed by atoms with Crippen molar-refractivity contribution in [2.45, 2.75) is 26.4 Å². The van der Waals surface area contributed by atoms with E-state index in [1.165, 1.54) is 5.56 Å². The monoisotopic (exact) mass is 347 g/mol. The van der Waals surface area contributed by atoms with Crippen molar-refractivity contribution in [2.24, 2.45) is 0 Å². The van der Waals surface area contributed by atoms with Crippen molar-refractivity contribution in [1.82, 2.24) is 15.1 Å². The average Bonchev–Trinajstić information content (AvgIpc) is 2.60. The SMILES string of the molecule is C=C(C)COc1cc(CNCC(C)N2CCN(C)CC2)ccc1OC. The van der Waals surface area contributed by atoms with E-state index in [1.54, 1.807) is 7.11 Å². The Balaban J connectivity index is 1.83. The maximum Gasteiger partial charge on any atom is 0.161 e. The van der Waals surface area contributed by atoms with Gasteiger partial charge in [-0.2, -0.15) is 0 Å². The van der Waals surface area contributed by atoms with E-state index in [2.05, 4.69) is 47.8 Å². The number of nitrogens with one attached hydrogen (secondary N) is 1. The molecular formula is C20H33N3O2. The van der Waals surface area contributed by atoms with Gasteiger partial charge in [-0.15, -0.1) is 0 Å². The highest BCUT2D eigenvalue weighted by atomic mass is 16.5. The molecule has 0 saturated carbocycles. The van der Waals surface area contributed by atoms with E-state index in [0.29, 0.717) is 12.6 Å². The maximum absolute atomic E-state index is 5.80. The molecule has 0 spiro atoms. The first-order valence-electron chi connectivity index (χ1n) is 9.07. The molecule has 0 bridgehead atoms. The molecule has 0 aromatic heterocycles. The van der Waals surface area contributed by atoms with Gasteiger partial charge in [-0.25, -0.2) is 0 Å². The molecule has 1 N–H and O–H groups in total. The van der Waals surface area contributed by atoms with Crippen molar-refractivity contribution in [3.8, 4) is 11.5 Å². The van der Waals surface area contributed by atoms with Gasteiger partial charge in [0.1, 0.15) is 6.61 Å². The number of likely N-dealkylation sites (N-methyl/N-ethyl adjacent to an activating group) is 1. The summed E-state index contributed by atoms with van der Waals surface area (Å²) in [5.41, 5.74) is 2.19. The van der Waals surface area contributed by atoms with Crippen LogP contribution in [0.2, 0.25) is 0 Å². The van der Waals surface area contributed by atoms with Gasteiger partial charge in [0.25, 0.3) is 0 Å². The van der Waals surface area contributed by atoms with Crippen LogP contribution in [0.4, 0.5) is 0 Å². The van der Waals surface area contributed by atoms with Gasteiger partial charge >= 0.3 is 0 Å². The molecule has 2 rings (SSSR count). The Morgan fingerprint density at radius 2 is 1.96 bits per heavy atom. The van der Waals surface area contributed by atoms with E-state index in [0.717, 1.165) is 56.3 Å². The van der Waals surface area contributed by atoms with Gasteiger partial charge in [0.2, 0.25) is 0 Å². The molecule has 1 aliphatic rings. The number of rotatable bonds is 9. The minimum absolute atomic E-state index is 0.508. The van der Waals surface area contributed by atoms with Crippen molar-refractivity contribution in [3.63, 3.8) is 0 Å². The maximum atomic E-state index is 5.80. The van der Waals surface area contributed by atoms with E-state index in [-0.39, 0.29) is 0 Å². The van der Waals surface area contributed by atoms with Crippen LogP contribution < -0.4 is 14.8 Å². The summed E-state index contributed by atoms with van der Waals surface area (Å²) in [6.45, 7) is 15.1. The summed E-state index contributed by atoms with van der Waals surface area (Å²) in [5, 5.41) is 3.57. The zero-order chi connectivity index (χ0) is 18.2. The van der Waals surface area contributed by atoms with Crippen molar-refractivity contribution in [2.75, 3.05) is 53.5 Å². The molecule has 0 aliphatic carbocycles. The van der Waals surface area contributed by atoms with Crippen molar-refractivity contribution >= 4 is 0 Å². The first kappa shape index (κ1) is 19.8. The Kier molecular flexibility index (Phi) is 7.75. The van der Waals surface area contributed by atoms with Gasteiger partial charge in [-0.3, -0.25) is 4.90 Å². The van der Waals surface area contributed by atoms with E-state index in [4.69, 9.17) is 9.47 Å². The quantitative estimate of drug-likeness (QED) is 0.694. The second-order valence-corrected chi connectivity index (χ2v) is 7.05. The van der Waals surface area contributed by atoms with Crippen LogP contribution in [-0.4, -0.2) is 69.3 Å². The fourth-order valence-corrected chi connectivity index (χ4v) is 2.96. The Bertz CT molecular complexity index is 554. The third-order valence-electron chi connectivity index (χ3n) is 4.63. The van der Waals surface area contributed by atoms with Gasteiger partial charge < -0.3 is 19.7 Å². The predicted octanol–water partition coefficient (Wildman–Crippen LogP) is 2.38. The predicted molar refractivity (Wildman–Crippen MR) is 104 cm³/mol. The number of ether oxygens (including phenoxy) is 2. The number of methoxy groups -OCH3 is 1. The minimum Gasteiger partial charge on any atom is -0.493 e. The molecule has 1 aromatic rings. The normalized spacial score (nSPS) is 17.3. The number of benzene rings is 1. The van der Waals surface area contributed by atoms with Crippen molar-refractivity contribution in [3.05, 3.63) is 35.9 Å². The van der Waals surface area contributed by atoms with Gasteiger partial charge in [-0.05, 0) is 44.2 Å². The van der Waals surface area contributed by atoms with Crippen LogP contribution in [0.25, 0.3) is 0 Å². The van der Waals surface area contributed by atoms with Crippen LogP contribution in [0.1, 0.15) is 19.4 Å². The third-order valence-corrected chi connectivity index (χ3v) is 4.63. The summed E-state index contributed by atoms with van der Waals surface area (Å²) in [6.07, 6.45) is 0. The number of nitrogens with zero attached hydrogens (tertiary/aromatic N) is 2. The molecule has 5 nitrogen and oxygen atoms in total. The van der Waals surface area contributed by atoms with Crippen molar-refractivity contribution < 1.29 is 9.47 Å². The van der Waals surface area contributed by atoms with E-state index >= 15 is 0 Å². The van der Waals surface area contributed by atoms with Crippen LogP contribution >= 0.6 is 0 Å². The lowest BCUT2D eigenvalue weighted by Crippen LogP contribution is -2.50. The van der Waals surface area contributed by atoms with Gasteiger partial charge in [0, 0.05) is 45.3 Å². The Labute approximate surface area is 152 Å². The molecule has 0 radical (unpaired) electrons. The van der Waals surface area contributed by atoms with Gasteiger partial charge in [-0.1, -0.05) is 12.6 Å². The van der Waals surface area contributed by atoms with Gasteiger partial charge in [0.05, 0.1) is 7.11 Å². The highest BCUT2D eigenvalue weighted by Crippen LogP contribution is 2.28. The van der Waals surface area contributed by atoms with Crippen LogP contribution in [0.15, 0.2) is 30.4 Å². The average molecular weight is 348 g/mol. The molecule has 140 valence electrons. The Hall–Kier alpha value is -1.56. The smallest absolute Gasteiger partial charge is 0.161 e. The summed E-state index contributed by atoms with van der Waals surface area (Å²) in [5.74, 6) is 1.53.